The van der Waals surface area contributed by atoms with Crippen LogP contribution in [-0.4, -0.2) is 23.5 Å². The van der Waals surface area contributed by atoms with Crippen LogP contribution in [0.1, 0.15) is 40.2 Å². The normalized spacial score (nSPS) is 15.9. The molecule has 1 atom stereocenters. The van der Waals surface area contributed by atoms with Crippen LogP contribution in [0.4, 0.5) is 0 Å². The maximum atomic E-state index is 12.8. The summed E-state index contributed by atoms with van der Waals surface area (Å²) in [7, 11) is 0. The van der Waals surface area contributed by atoms with E-state index in [-0.39, 0.29) is 34.8 Å². The Morgan fingerprint density at radius 2 is 1.92 bits per heavy atom. The van der Waals surface area contributed by atoms with Gasteiger partial charge in [0.15, 0.2) is 5.78 Å². The third-order valence-electron chi connectivity index (χ3n) is 4.24. The van der Waals surface area contributed by atoms with E-state index in [1.807, 2.05) is 30.3 Å². The molecule has 1 N–H and O–H groups in total. The number of Topliss-reactive ketones (excluding diaryl/α,β-unsaturated/α-hetero) is 1. The van der Waals surface area contributed by atoms with Crippen LogP contribution < -0.4 is 4.74 Å². The number of carboxylic acids is 1. The van der Waals surface area contributed by atoms with E-state index in [2.05, 4.69) is 0 Å². The molecule has 4 nitrogen and oxygen atoms in total. The van der Waals surface area contributed by atoms with Gasteiger partial charge in [0.05, 0.1) is 17.5 Å². The Balaban J connectivity index is 1.83. The first-order valence-electron chi connectivity index (χ1n) is 7.93. The van der Waals surface area contributed by atoms with Crippen molar-refractivity contribution in [3.05, 3.63) is 63.1 Å². The van der Waals surface area contributed by atoms with Gasteiger partial charge in [-0.2, -0.15) is 0 Å². The van der Waals surface area contributed by atoms with E-state index in [1.165, 1.54) is 0 Å². The lowest BCUT2D eigenvalue weighted by atomic mass is 9.95. The highest BCUT2D eigenvalue weighted by Crippen LogP contribution is 2.44. The highest BCUT2D eigenvalue weighted by atomic mass is 35.5. The zero-order valence-electron chi connectivity index (χ0n) is 13.3. The van der Waals surface area contributed by atoms with Gasteiger partial charge in [-0.25, -0.2) is 0 Å². The zero-order valence-corrected chi connectivity index (χ0v) is 14.8. The third-order valence-corrected chi connectivity index (χ3v) is 5.09. The second kappa shape index (κ2) is 7.46. The molecule has 6 heteroatoms. The zero-order chi connectivity index (χ0) is 18.0. The first kappa shape index (κ1) is 17.8. The Morgan fingerprint density at radius 3 is 2.60 bits per heavy atom. The number of carbonyl (C=O) groups is 2. The minimum absolute atomic E-state index is 0.0187. The van der Waals surface area contributed by atoms with Crippen molar-refractivity contribution >= 4 is 35.0 Å². The number of halogens is 2. The van der Waals surface area contributed by atoms with Gasteiger partial charge in [-0.15, -0.1) is 0 Å². The van der Waals surface area contributed by atoms with Crippen molar-refractivity contribution in [2.45, 2.75) is 25.2 Å². The van der Waals surface area contributed by atoms with Gasteiger partial charge >= 0.3 is 5.97 Å². The standard InChI is InChI=1S/C19H16Cl2O4/c20-17-14(25-8-4-7-15(22)23)10-12-9-13(11-5-2-1-3-6-11)19(24)16(12)18(17)21/h1-3,5-6,10,13H,4,7-9H2,(H,22,23). The molecule has 1 aliphatic carbocycles. The average Bonchev–Trinajstić information content (AvgIpc) is 2.93. The lowest BCUT2D eigenvalue weighted by Crippen LogP contribution is -2.07. The number of fused-ring (bicyclic) bond motifs is 1. The predicted octanol–water partition coefficient (Wildman–Crippen LogP) is 4.76. The summed E-state index contributed by atoms with van der Waals surface area (Å²) >= 11 is 12.6. The SMILES string of the molecule is O=C(O)CCCOc1cc2c(c(Cl)c1Cl)C(=O)C(c1ccccc1)C2. The molecule has 0 radical (unpaired) electrons. The third kappa shape index (κ3) is 3.65. The summed E-state index contributed by atoms with van der Waals surface area (Å²) in [6.45, 7) is 0.219. The largest absolute Gasteiger partial charge is 0.492 e. The smallest absolute Gasteiger partial charge is 0.303 e. The van der Waals surface area contributed by atoms with Gasteiger partial charge < -0.3 is 9.84 Å². The quantitative estimate of drug-likeness (QED) is 0.735. The Morgan fingerprint density at radius 1 is 1.20 bits per heavy atom. The number of hydrogen-bond acceptors (Lipinski definition) is 3. The molecule has 0 saturated carbocycles. The van der Waals surface area contributed by atoms with E-state index in [9.17, 15) is 9.59 Å². The summed E-state index contributed by atoms with van der Waals surface area (Å²) in [5.74, 6) is -0.798. The van der Waals surface area contributed by atoms with Crippen molar-refractivity contribution in [2.24, 2.45) is 0 Å². The molecule has 0 saturated heterocycles. The Labute approximate surface area is 155 Å². The molecule has 1 aliphatic rings. The summed E-state index contributed by atoms with van der Waals surface area (Å²) in [6.07, 6.45) is 0.928. The molecule has 3 rings (SSSR count). The molecule has 0 aliphatic heterocycles. The van der Waals surface area contributed by atoms with Crippen LogP contribution in [0.15, 0.2) is 36.4 Å². The van der Waals surface area contributed by atoms with E-state index in [0.29, 0.717) is 24.2 Å². The van der Waals surface area contributed by atoms with E-state index in [1.54, 1.807) is 6.07 Å². The molecule has 0 fully saturated rings. The molecule has 1 unspecified atom stereocenters. The van der Waals surface area contributed by atoms with Gasteiger partial charge in [0.1, 0.15) is 10.8 Å². The van der Waals surface area contributed by atoms with Gasteiger partial charge in [0.2, 0.25) is 0 Å². The molecule has 0 amide bonds. The van der Waals surface area contributed by atoms with E-state index in [0.717, 1.165) is 11.1 Å². The number of hydrogen-bond donors (Lipinski definition) is 1. The van der Waals surface area contributed by atoms with Crippen LogP contribution in [0.2, 0.25) is 10.0 Å². The monoisotopic (exact) mass is 378 g/mol. The van der Waals surface area contributed by atoms with Gasteiger partial charge in [0, 0.05) is 12.0 Å². The van der Waals surface area contributed by atoms with Crippen LogP contribution in [0.3, 0.4) is 0 Å². The van der Waals surface area contributed by atoms with Crippen molar-refractivity contribution in [1.29, 1.82) is 0 Å². The minimum atomic E-state index is -0.877. The number of carboxylic acid groups (broad SMARTS) is 1. The van der Waals surface area contributed by atoms with Crippen molar-refractivity contribution in [2.75, 3.05) is 6.61 Å². The van der Waals surface area contributed by atoms with Crippen LogP contribution in [0.5, 0.6) is 5.75 Å². The fraction of sp³-hybridized carbons (Fsp3) is 0.263. The minimum Gasteiger partial charge on any atom is -0.492 e. The summed E-state index contributed by atoms with van der Waals surface area (Å²) in [5, 5.41) is 9.06. The molecule has 2 aromatic carbocycles. The molecule has 130 valence electrons. The lowest BCUT2D eigenvalue weighted by molar-refractivity contribution is -0.137. The lowest BCUT2D eigenvalue weighted by Gasteiger charge is -2.11. The molecule has 0 aromatic heterocycles. The molecule has 0 bridgehead atoms. The number of ketones is 1. The molecule has 25 heavy (non-hydrogen) atoms. The number of benzene rings is 2. The van der Waals surface area contributed by atoms with Crippen molar-refractivity contribution < 1.29 is 19.4 Å². The first-order chi connectivity index (χ1) is 12.0. The predicted molar refractivity (Wildman–Crippen MR) is 96.0 cm³/mol. The van der Waals surface area contributed by atoms with Crippen LogP contribution in [0, 0.1) is 0 Å². The molecule has 2 aromatic rings. The maximum absolute atomic E-state index is 12.8. The van der Waals surface area contributed by atoms with Gasteiger partial charge in [-0.3, -0.25) is 9.59 Å². The van der Waals surface area contributed by atoms with Crippen LogP contribution in [0.25, 0.3) is 0 Å². The highest BCUT2D eigenvalue weighted by molar-refractivity contribution is 6.45. The van der Waals surface area contributed by atoms with E-state index < -0.39 is 5.97 Å². The Hall–Kier alpha value is -2.04. The fourth-order valence-electron chi connectivity index (χ4n) is 3.03. The van der Waals surface area contributed by atoms with Gasteiger partial charge in [-0.1, -0.05) is 53.5 Å². The van der Waals surface area contributed by atoms with Gasteiger partial charge in [-0.05, 0) is 30.0 Å². The van der Waals surface area contributed by atoms with Crippen molar-refractivity contribution in [3.63, 3.8) is 0 Å². The van der Waals surface area contributed by atoms with E-state index in [4.69, 9.17) is 33.0 Å². The average molecular weight is 379 g/mol. The molecular weight excluding hydrogens is 363 g/mol. The summed E-state index contributed by atoms with van der Waals surface area (Å²) in [5.41, 5.74) is 2.21. The van der Waals surface area contributed by atoms with Crippen LogP contribution in [-0.2, 0) is 11.2 Å². The Kier molecular flexibility index (Phi) is 5.30. The fourth-order valence-corrected chi connectivity index (χ4v) is 3.54. The van der Waals surface area contributed by atoms with Crippen molar-refractivity contribution in [1.82, 2.24) is 0 Å². The van der Waals surface area contributed by atoms with E-state index >= 15 is 0 Å². The Bertz CT molecular complexity index is 818. The molecule has 0 spiro atoms. The summed E-state index contributed by atoms with van der Waals surface area (Å²) < 4.78 is 5.58. The first-order valence-corrected chi connectivity index (χ1v) is 8.69. The van der Waals surface area contributed by atoms with Gasteiger partial charge in [0.25, 0.3) is 0 Å². The number of rotatable bonds is 6. The second-order valence-corrected chi connectivity index (χ2v) is 6.67. The maximum Gasteiger partial charge on any atom is 0.303 e. The highest BCUT2D eigenvalue weighted by Gasteiger charge is 2.35. The topological polar surface area (TPSA) is 63.6 Å². The number of carbonyl (C=O) groups excluding carboxylic acids is 1. The molecular formula is C19H16Cl2O4. The number of ether oxygens (including phenoxy) is 1. The number of aliphatic carboxylic acids is 1. The second-order valence-electron chi connectivity index (χ2n) is 5.91. The molecule has 0 heterocycles. The van der Waals surface area contributed by atoms with Crippen molar-refractivity contribution in [3.8, 4) is 5.75 Å². The summed E-state index contributed by atoms with van der Waals surface area (Å²) in [6, 6.07) is 11.3. The summed E-state index contributed by atoms with van der Waals surface area (Å²) in [4.78, 5) is 23.3. The van der Waals surface area contributed by atoms with Crippen LogP contribution >= 0.6 is 23.2 Å².